The van der Waals surface area contributed by atoms with E-state index in [4.69, 9.17) is 9.47 Å². The Hall–Kier alpha value is -3.10. The third-order valence-corrected chi connectivity index (χ3v) is 5.78. The van der Waals surface area contributed by atoms with Gasteiger partial charge in [-0.05, 0) is 52.5 Å². The van der Waals surface area contributed by atoms with Gasteiger partial charge >= 0.3 is 12.1 Å². The van der Waals surface area contributed by atoms with Crippen LogP contribution in [0.4, 0.5) is 4.79 Å². The fourth-order valence-electron chi connectivity index (χ4n) is 3.86. The zero-order valence-electron chi connectivity index (χ0n) is 24.4. The first-order valence-corrected chi connectivity index (χ1v) is 13.6. The Morgan fingerprint density at radius 3 is 2.16 bits per heavy atom. The van der Waals surface area contributed by atoms with E-state index in [1.807, 2.05) is 45.0 Å². The van der Waals surface area contributed by atoms with E-state index in [0.717, 1.165) is 18.4 Å². The lowest BCUT2D eigenvalue weighted by Crippen LogP contribution is -2.55. The van der Waals surface area contributed by atoms with Crippen LogP contribution in [0, 0.1) is 12.8 Å². The quantitative estimate of drug-likeness (QED) is 0.265. The summed E-state index contributed by atoms with van der Waals surface area (Å²) in [5, 5.41) is 5.53. The minimum absolute atomic E-state index is 0.0266. The second-order valence-electron chi connectivity index (χ2n) is 10.8. The van der Waals surface area contributed by atoms with Crippen molar-refractivity contribution in [2.75, 3.05) is 19.7 Å². The second kappa shape index (κ2) is 16.0. The van der Waals surface area contributed by atoms with E-state index in [2.05, 4.69) is 17.6 Å². The summed E-state index contributed by atoms with van der Waals surface area (Å²) in [7, 11) is 0. The van der Waals surface area contributed by atoms with Crippen LogP contribution in [0.2, 0.25) is 0 Å². The summed E-state index contributed by atoms with van der Waals surface area (Å²) in [6.07, 6.45) is 1.84. The van der Waals surface area contributed by atoms with Gasteiger partial charge in [-0.1, -0.05) is 63.4 Å². The number of nitrogens with one attached hydrogen (secondary N) is 2. The van der Waals surface area contributed by atoms with Gasteiger partial charge in [-0.3, -0.25) is 14.4 Å². The summed E-state index contributed by atoms with van der Waals surface area (Å²) in [6, 6.07) is 5.60. The van der Waals surface area contributed by atoms with Crippen molar-refractivity contribution in [2.24, 2.45) is 5.92 Å². The largest absolute Gasteiger partial charge is 0.466 e. The fourth-order valence-corrected chi connectivity index (χ4v) is 3.86. The minimum Gasteiger partial charge on any atom is -0.466 e. The van der Waals surface area contributed by atoms with E-state index < -0.39 is 35.7 Å². The van der Waals surface area contributed by atoms with Crippen LogP contribution in [0.15, 0.2) is 24.3 Å². The van der Waals surface area contributed by atoms with Gasteiger partial charge in [-0.25, -0.2) is 4.79 Å². The number of alkyl carbamates (subject to hydrolysis) is 1. The molecule has 2 unspecified atom stereocenters. The van der Waals surface area contributed by atoms with Gasteiger partial charge in [0.1, 0.15) is 17.7 Å². The lowest BCUT2D eigenvalue weighted by atomic mass is 9.98. The molecule has 0 heterocycles. The van der Waals surface area contributed by atoms with Gasteiger partial charge in [0.15, 0.2) is 0 Å². The number of esters is 1. The molecule has 9 heteroatoms. The third-order valence-electron chi connectivity index (χ3n) is 5.78. The molecule has 0 saturated carbocycles. The molecule has 0 radical (unpaired) electrons. The molecule has 214 valence electrons. The second-order valence-corrected chi connectivity index (χ2v) is 10.8. The van der Waals surface area contributed by atoms with E-state index >= 15 is 0 Å². The molecule has 2 N–H and O–H groups in total. The van der Waals surface area contributed by atoms with Crippen molar-refractivity contribution < 1.29 is 28.7 Å². The Morgan fingerprint density at radius 2 is 1.63 bits per heavy atom. The van der Waals surface area contributed by atoms with Crippen molar-refractivity contribution in [3.63, 3.8) is 0 Å². The van der Waals surface area contributed by atoms with Gasteiger partial charge in [0.05, 0.1) is 13.0 Å². The molecular weight excluding hydrogens is 486 g/mol. The number of aryl methyl sites for hydroxylation is 1. The van der Waals surface area contributed by atoms with Gasteiger partial charge in [0.25, 0.3) is 0 Å². The van der Waals surface area contributed by atoms with Crippen molar-refractivity contribution in [1.29, 1.82) is 0 Å². The van der Waals surface area contributed by atoms with Gasteiger partial charge in [-0.2, -0.15) is 0 Å². The van der Waals surface area contributed by atoms with Crippen molar-refractivity contribution in [2.45, 2.75) is 98.8 Å². The zero-order valence-corrected chi connectivity index (χ0v) is 24.4. The lowest BCUT2D eigenvalue weighted by molar-refractivity contribution is -0.144. The first-order valence-electron chi connectivity index (χ1n) is 13.6. The predicted octanol–water partition coefficient (Wildman–Crippen LogP) is 4.67. The Kier molecular flexibility index (Phi) is 13.9. The maximum atomic E-state index is 14.0. The van der Waals surface area contributed by atoms with Crippen molar-refractivity contribution in [1.82, 2.24) is 15.5 Å². The fraction of sp³-hybridized carbons (Fsp3) is 0.655. The summed E-state index contributed by atoms with van der Waals surface area (Å²) in [5.74, 6) is -1.43. The summed E-state index contributed by atoms with van der Waals surface area (Å²) in [5.41, 5.74) is 0.943. The Morgan fingerprint density at radius 1 is 1.00 bits per heavy atom. The molecule has 9 nitrogen and oxygen atoms in total. The van der Waals surface area contributed by atoms with Gasteiger partial charge < -0.3 is 25.0 Å². The Bertz CT molecular complexity index is 908. The lowest BCUT2D eigenvalue weighted by Gasteiger charge is -2.35. The average Bonchev–Trinajstić information content (AvgIpc) is 2.81. The van der Waals surface area contributed by atoms with Crippen molar-refractivity contribution in [3.05, 3.63) is 35.4 Å². The van der Waals surface area contributed by atoms with E-state index in [1.54, 1.807) is 32.6 Å². The maximum absolute atomic E-state index is 14.0. The van der Waals surface area contributed by atoms with E-state index in [1.165, 1.54) is 0 Å². The van der Waals surface area contributed by atoms with Crippen LogP contribution in [-0.2, 0) is 23.9 Å². The van der Waals surface area contributed by atoms with Crippen LogP contribution in [0.5, 0.6) is 0 Å². The van der Waals surface area contributed by atoms with Crippen LogP contribution >= 0.6 is 0 Å². The highest BCUT2D eigenvalue weighted by Crippen LogP contribution is 2.25. The number of rotatable bonds is 14. The number of hydrogen-bond donors (Lipinski definition) is 2. The number of carbonyl (C=O) groups is 4. The van der Waals surface area contributed by atoms with Crippen LogP contribution in [-0.4, -0.2) is 60.1 Å². The highest BCUT2D eigenvalue weighted by Gasteiger charge is 2.37. The normalized spacial score (nSPS) is 12.9. The van der Waals surface area contributed by atoms with Gasteiger partial charge in [0.2, 0.25) is 11.8 Å². The van der Waals surface area contributed by atoms with Crippen LogP contribution < -0.4 is 10.6 Å². The third kappa shape index (κ3) is 11.5. The first kappa shape index (κ1) is 32.9. The summed E-state index contributed by atoms with van der Waals surface area (Å²) in [4.78, 5) is 53.6. The van der Waals surface area contributed by atoms with E-state index in [0.29, 0.717) is 18.5 Å². The molecule has 3 amide bonds. The topological polar surface area (TPSA) is 114 Å². The number of ether oxygens (including phenoxy) is 2. The molecule has 1 aromatic carbocycles. The molecule has 0 bridgehead atoms. The number of hydrogen-bond acceptors (Lipinski definition) is 6. The average molecular weight is 534 g/mol. The molecule has 0 aromatic heterocycles. The molecule has 0 aliphatic carbocycles. The van der Waals surface area contributed by atoms with E-state index in [-0.39, 0.29) is 31.4 Å². The molecule has 1 rings (SSSR count). The molecule has 38 heavy (non-hydrogen) atoms. The number of benzene rings is 1. The number of unbranched alkanes of at least 4 members (excludes halogenated alkanes) is 2. The zero-order chi connectivity index (χ0) is 28.9. The van der Waals surface area contributed by atoms with Crippen LogP contribution in [0.1, 0.15) is 91.3 Å². The molecule has 0 spiro atoms. The smallest absolute Gasteiger partial charge is 0.408 e. The molecule has 1 aromatic rings. The molecule has 2 atom stereocenters. The Balaban J connectivity index is 3.37. The molecule has 0 fully saturated rings. The predicted molar refractivity (Wildman–Crippen MR) is 147 cm³/mol. The van der Waals surface area contributed by atoms with E-state index in [9.17, 15) is 19.2 Å². The maximum Gasteiger partial charge on any atom is 0.408 e. The van der Waals surface area contributed by atoms with Crippen molar-refractivity contribution in [3.8, 4) is 0 Å². The van der Waals surface area contributed by atoms with Crippen LogP contribution in [0.3, 0.4) is 0 Å². The summed E-state index contributed by atoms with van der Waals surface area (Å²) < 4.78 is 10.4. The molecular formula is C29H47N3O6. The standard InChI is InChI=1S/C29H47N3O6/c1-9-11-12-19-32(27(35)24(20(3)4)31-28(36)38-29(6,7)8)25(22-15-13-21(5)14-16-22)26(34)30-18-17-23(33)37-10-2/h13-16,20,24-25H,9-12,17-19H2,1-8H3,(H,30,34)(H,31,36). The summed E-state index contributed by atoms with van der Waals surface area (Å²) >= 11 is 0. The molecule has 0 aliphatic rings. The first-order chi connectivity index (χ1) is 17.8. The molecule has 0 saturated heterocycles. The minimum atomic E-state index is -0.941. The molecule has 0 aliphatic heterocycles. The van der Waals surface area contributed by atoms with Crippen LogP contribution in [0.25, 0.3) is 0 Å². The summed E-state index contributed by atoms with van der Waals surface area (Å²) in [6.45, 7) is 15.3. The van der Waals surface area contributed by atoms with Gasteiger partial charge in [0, 0.05) is 13.1 Å². The Labute approximate surface area is 228 Å². The number of carbonyl (C=O) groups excluding carboxylic acids is 4. The van der Waals surface area contributed by atoms with Gasteiger partial charge in [-0.15, -0.1) is 0 Å². The van der Waals surface area contributed by atoms with Crippen molar-refractivity contribution >= 4 is 23.9 Å². The highest BCUT2D eigenvalue weighted by atomic mass is 16.6. The SMILES string of the molecule is CCCCCN(C(=O)C(NC(=O)OC(C)(C)C)C(C)C)C(C(=O)NCCC(=O)OCC)c1ccc(C)cc1. The monoisotopic (exact) mass is 533 g/mol. The number of nitrogens with zero attached hydrogens (tertiary/aromatic N) is 1. The number of amides is 3. The highest BCUT2D eigenvalue weighted by molar-refractivity contribution is 5.92.